The van der Waals surface area contributed by atoms with Crippen LogP contribution in [0, 0.1) is 5.82 Å². The highest BCUT2D eigenvalue weighted by Crippen LogP contribution is 2.23. The van der Waals surface area contributed by atoms with Crippen LogP contribution in [0.3, 0.4) is 0 Å². The molecule has 0 radical (unpaired) electrons. The fourth-order valence-electron chi connectivity index (χ4n) is 3.01. The zero-order valence-electron chi connectivity index (χ0n) is 17.4. The summed E-state index contributed by atoms with van der Waals surface area (Å²) in [5, 5.41) is 2.66. The van der Waals surface area contributed by atoms with Crippen LogP contribution in [0.2, 0.25) is 0 Å². The van der Waals surface area contributed by atoms with E-state index in [2.05, 4.69) is 5.32 Å². The molecular formula is C23H21FN2O5S. The van der Waals surface area contributed by atoms with Gasteiger partial charge >= 0.3 is 5.97 Å². The van der Waals surface area contributed by atoms with E-state index in [0.29, 0.717) is 16.9 Å². The fraction of sp³-hybridized carbons (Fsp3) is 0.130. The van der Waals surface area contributed by atoms with E-state index < -0.39 is 27.7 Å². The number of carbonyl (C=O) groups is 2. The van der Waals surface area contributed by atoms with Gasteiger partial charge in [-0.05, 0) is 54.1 Å². The van der Waals surface area contributed by atoms with Crippen LogP contribution in [0.4, 0.5) is 15.8 Å². The quantitative estimate of drug-likeness (QED) is 0.546. The molecular weight excluding hydrogens is 435 g/mol. The molecule has 3 aromatic carbocycles. The van der Waals surface area contributed by atoms with Crippen molar-refractivity contribution < 1.29 is 27.1 Å². The predicted molar refractivity (Wildman–Crippen MR) is 120 cm³/mol. The Morgan fingerprint density at radius 1 is 0.969 bits per heavy atom. The number of amides is 1. The number of nitrogens with one attached hydrogen (secondary N) is 1. The molecule has 3 aromatic rings. The molecule has 166 valence electrons. The minimum absolute atomic E-state index is 0.0111. The van der Waals surface area contributed by atoms with Crippen molar-refractivity contribution in [3.05, 3.63) is 95.3 Å². The van der Waals surface area contributed by atoms with Crippen LogP contribution in [0.1, 0.15) is 26.3 Å². The summed E-state index contributed by atoms with van der Waals surface area (Å²) in [6, 6.07) is 17.9. The fourth-order valence-corrected chi connectivity index (χ4v) is 3.90. The molecule has 3 rings (SSSR count). The Labute approximate surface area is 185 Å². The molecule has 0 aromatic heterocycles. The van der Waals surface area contributed by atoms with Gasteiger partial charge in [0.05, 0.1) is 36.8 Å². The number of hydrogen-bond donors (Lipinski definition) is 1. The van der Waals surface area contributed by atoms with Crippen molar-refractivity contribution in [3.8, 4) is 0 Å². The van der Waals surface area contributed by atoms with Crippen molar-refractivity contribution in [2.24, 2.45) is 0 Å². The topological polar surface area (TPSA) is 92.8 Å². The van der Waals surface area contributed by atoms with Crippen molar-refractivity contribution in [2.75, 3.05) is 23.0 Å². The number of carbonyl (C=O) groups excluding carboxylic acids is 2. The van der Waals surface area contributed by atoms with Gasteiger partial charge in [-0.15, -0.1) is 0 Å². The third kappa shape index (κ3) is 5.50. The molecule has 32 heavy (non-hydrogen) atoms. The smallest absolute Gasteiger partial charge is 0.339 e. The van der Waals surface area contributed by atoms with Gasteiger partial charge in [0.2, 0.25) is 10.0 Å². The van der Waals surface area contributed by atoms with Crippen LogP contribution in [0.25, 0.3) is 0 Å². The summed E-state index contributed by atoms with van der Waals surface area (Å²) < 4.78 is 43.7. The maximum absolute atomic E-state index is 13.2. The number of halogens is 1. The Balaban J connectivity index is 1.82. The third-order valence-electron chi connectivity index (χ3n) is 4.64. The molecule has 0 fully saturated rings. The molecule has 1 N–H and O–H groups in total. The molecule has 0 spiro atoms. The zero-order chi connectivity index (χ0) is 23.3. The maximum Gasteiger partial charge on any atom is 0.339 e. The highest BCUT2D eigenvalue weighted by Gasteiger charge is 2.19. The molecule has 0 aliphatic heterocycles. The van der Waals surface area contributed by atoms with Crippen molar-refractivity contribution in [1.82, 2.24) is 0 Å². The van der Waals surface area contributed by atoms with Gasteiger partial charge < -0.3 is 10.1 Å². The van der Waals surface area contributed by atoms with Gasteiger partial charge in [0.25, 0.3) is 5.91 Å². The van der Waals surface area contributed by atoms with E-state index in [9.17, 15) is 22.4 Å². The second-order valence-electron chi connectivity index (χ2n) is 6.93. The average molecular weight is 456 g/mol. The molecule has 0 aliphatic rings. The molecule has 0 heterocycles. The van der Waals surface area contributed by atoms with Crippen molar-refractivity contribution in [1.29, 1.82) is 0 Å². The first-order chi connectivity index (χ1) is 15.2. The Hall–Kier alpha value is -3.72. The lowest BCUT2D eigenvalue weighted by Gasteiger charge is -2.22. The average Bonchev–Trinajstić information content (AvgIpc) is 2.78. The molecule has 0 unspecified atom stereocenters. The Morgan fingerprint density at radius 3 is 2.19 bits per heavy atom. The molecule has 9 heteroatoms. The summed E-state index contributed by atoms with van der Waals surface area (Å²) in [6.07, 6.45) is 1.07. The standard InChI is InChI=1S/C23H21FN2O5S/c1-31-23(28)20-5-3-4-6-21(20)25-22(27)17-9-13-19(14-10-17)26(32(2,29)30)15-16-7-11-18(24)12-8-16/h3-14H,15H2,1-2H3,(H,25,27). The van der Waals surface area contributed by atoms with Crippen LogP contribution in [-0.2, 0) is 21.3 Å². The molecule has 0 saturated carbocycles. The van der Waals surface area contributed by atoms with Gasteiger partial charge in [-0.2, -0.15) is 0 Å². The van der Waals surface area contributed by atoms with Crippen molar-refractivity contribution in [3.63, 3.8) is 0 Å². The van der Waals surface area contributed by atoms with E-state index in [4.69, 9.17) is 4.74 Å². The van der Waals surface area contributed by atoms with Gasteiger partial charge in [0, 0.05) is 5.56 Å². The summed E-state index contributed by atoms with van der Waals surface area (Å²) in [5.41, 5.74) is 1.73. The summed E-state index contributed by atoms with van der Waals surface area (Å²) >= 11 is 0. The highest BCUT2D eigenvalue weighted by molar-refractivity contribution is 7.92. The van der Waals surface area contributed by atoms with Crippen LogP contribution < -0.4 is 9.62 Å². The number of para-hydroxylation sites is 1. The summed E-state index contributed by atoms with van der Waals surface area (Å²) in [5.74, 6) is -1.47. The van der Waals surface area contributed by atoms with E-state index in [1.54, 1.807) is 18.2 Å². The second-order valence-corrected chi connectivity index (χ2v) is 8.84. The zero-order valence-corrected chi connectivity index (χ0v) is 18.2. The lowest BCUT2D eigenvalue weighted by atomic mass is 10.1. The Bertz CT molecular complexity index is 1230. The van der Waals surface area contributed by atoms with Crippen LogP contribution in [-0.4, -0.2) is 33.7 Å². The minimum atomic E-state index is -3.64. The molecule has 0 atom stereocenters. The summed E-state index contributed by atoms with van der Waals surface area (Å²) in [7, 11) is -2.39. The van der Waals surface area contributed by atoms with Crippen LogP contribution >= 0.6 is 0 Å². The number of sulfonamides is 1. The van der Waals surface area contributed by atoms with Gasteiger partial charge in [-0.25, -0.2) is 17.6 Å². The maximum atomic E-state index is 13.2. The third-order valence-corrected chi connectivity index (χ3v) is 5.78. The number of rotatable bonds is 7. The first-order valence-electron chi connectivity index (χ1n) is 9.50. The van der Waals surface area contributed by atoms with E-state index in [0.717, 1.165) is 10.6 Å². The van der Waals surface area contributed by atoms with Crippen LogP contribution in [0.15, 0.2) is 72.8 Å². The van der Waals surface area contributed by atoms with Crippen molar-refractivity contribution >= 4 is 33.3 Å². The van der Waals surface area contributed by atoms with Gasteiger partial charge in [0.1, 0.15) is 5.82 Å². The summed E-state index contributed by atoms with van der Waals surface area (Å²) in [6.45, 7) is 0.0111. The van der Waals surface area contributed by atoms with E-state index in [1.807, 2.05) is 0 Å². The van der Waals surface area contributed by atoms with Gasteiger partial charge in [-0.1, -0.05) is 24.3 Å². The molecule has 0 saturated heterocycles. The largest absolute Gasteiger partial charge is 0.465 e. The first-order valence-corrected chi connectivity index (χ1v) is 11.3. The highest BCUT2D eigenvalue weighted by atomic mass is 32.2. The van der Waals surface area contributed by atoms with Gasteiger partial charge in [0.15, 0.2) is 0 Å². The molecule has 1 amide bonds. The minimum Gasteiger partial charge on any atom is -0.465 e. The monoisotopic (exact) mass is 456 g/mol. The second kappa shape index (κ2) is 9.61. The predicted octanol–water partition coefficient (Wildman–Crippen LogP) is 3.83. The molecule has 0 aliphatic carbocycles. The molecule has 7 nitrogen and oxygen atoms in total. The Morgan fingerprint density at radius 2 is 1.59 bits per heavy atom. The van der Waals surface area contributed by atoms with Gasteiger partial charge in [-0.3, -0.25) is 9.10 Å². The normalized spacial score (nSPS) is 11.0. The number of methoxy groups -OCH3 is 1. The SMILES string of the molecule is COC(=O)c1ccccc1NC(=O)c1ccc(N(Cc2ccc(F)cc2)S(C)(=O)=O)cc1. The number of benzene rings is 3. The van der Waals surface area contributed by atoms with Crippen LogP contribution in [0.5, 0.6) is 0 Å². The molecule has 0 bridgehead atoms. The first kappa shape index (κ1) is 23.0. The number of hydrogen-bond acceptors (Lipinski definition) is 5. The lowest BCUT2D eigenvalue weighted by molar-refractivity contribution is 0.0602. The lowest BCUT2D eigenvalue weighted by Crippen LogP contribution is -2.29. The number of esters is 1. The summed E-state index contributed by atoms with van der Waals surface area (Å²) in [4.78, 5) is 24.5. The van der Waals surface area contributed by atoms with E-state index in [-0.39, 0.29) is 17.7 Å². The number of anilines is 2. The van der Waals surface area contributed by atoms with E-state index >= 15 is 0 Å². The number of ether oxygens (including phenoxy) is 1. The number of nitrogens with zero attached hydrogens (tertiary/aromatic N) is 1. The Kier molecular flexibility index (Phi) is 6.89. The van der Waals surface area contributed by atoms with E-state index in [1.165, 1.54) is 61.7 Å². The van der Waals surface area contributed by atoms with Crippen molar-refractivity contribution in [2.45, 2.75) is 6.54 Å².